The molecular formula is C27H30N4O5S. The molecule has 0 saturated carbocycles. The lowest BCUT2D eigenvalue weighted by Crippen LogP contribution is -2.35. The standard InChI is InChI=1S/C27H30N4O5S/c1-5-24-30-31-25(28)21(26(32)29-27(31)37-24)15-19-7-9-22(23(16-19)33-4)36-13-11-34-10-12-35-20-8-6-17(2)18(3)14-20/h6-9,14-16,28H,5,10-13H2,1-4H3/b21-15+,28-25?. The number of fused-ring (bicyclic) bond motifs is 1. The summed E-state index contributed by atoms with van der Waals surface area (Å²) < 4.78 is 22.6. The molecule has 9 nitrogen and oxygen atoms in total. The fourth-order valence-electron chi connectivity index (χ4n) is 3.57. The second-order valence-electron chi connectivity index (χ2n) is 8.33. The zero-order chi connectivity index (χ0) is 26.4. The number of hydrogen-bond donors (Lipinski definition) is 1. The zero-order valence-corrected chi connectivity index (χ0v) is 22.2. The van der Waals surface area contributed by atoms with Gasteiger partial charge in [0.05, 0.1) is 25.9 Å². The molecule has 0 saturated heterocycles. The predicted octanol–water partition coefficient (Wildman–Crippen LogP) is 4.82. The monoisotopic (exact) mass is 522 g/mol. The van der Waals surface area contributed by atoms with Crippen LogP contribution in [0.4, 0.5) is 0 Å². The summed E-state index contributed by atoms with van der Waals surface area (Å²) in [6.45, 7) is 7.73. The molecular weight excluding hydrogens is 492 g/mol. The lowest BCUT2D eigenvalue weighted by molar-refractivity contribution is -0.114. The van der Waals surface area contributed by atoms with Crippen molar-refractivity contribution in [2.24, 2.45) is 10.1 Å². The molecule has 0 spiro atoms. The third-order valence-electron chi connectivity index (χ3n) is 5.76. The highest BCUT2D eigenvalue weighted by Crippen LogP contribution is 2.32. The summed E-state index contributed by atoms with van der Waals surface area (Å²) in [6.07, 6.45) is 2.32. The lowest BCUT2D eigenvalue weighted by Gasteiger charge is -2.20. The van der Waals surface area contributed by atoms with Gasteiger partial charge in [0.1, 0.15) is 24.0 Å². The molecule has 0 bridgehead atoms. The molecule has 2 aliphatic heterocycles. The number of aryl methyl sites for hydroxylation is 2. The first-order valence-corrected chi connectivity index (χ1v) is 12.8. The third-order valence-corrected chi connectivity index (χ3v) is 6.81. The molecule has 0 atom stereocenters. The second-order valence-corrected chi connectivity index (χ2v) is 9.37. The molecule has 1 N–H and O–H groups in total. The van der Waals surface area contributed by atoms with Crippen LogP contribution in [0.15, 0.2) is 52.1 Å². The molecule has 194 valence electrons. The molecule has 0 unspecified atom stereocenters. The maximum Gasteiger partial charge on any atom is 0.283 e. The number of thioether (sulfide) groups is 1. The van der Waals surface area contributed by atoms with Gasteiger partial charge in [0.15, 0.2) is 17.3 Å². The first kappa shape index (κ1) is 26.4. The Morgan fingerprint density at radius 2 is 1.78 bits per heavy atom. The van der Waals surface area contributed by atoms with E-state index in [-0.39, 0.29) is 11.4 Å². The predicted molar refractivity (Wildman–Crippen MR) is 146 cm³/mol. The van der Waals surface area contributed by atoms with Crippen molar-refractivity contribution in [3.63, 3.8) is 0 Å². The number of methoxy groups -OCH3 is 1. The van der Waals surface area contributed by atoms with Crippen molar-refractivity contribution >= 4 is 39.8 Å². The van der Waals surface area contributed by atoms with Gasteiger partial charge >= 0.3 is 0 Å². The smallest absolute Gasteiger partial charge is 0.283 e. The van der Waals surface area contributed by atoms with Crippen LogP contribution in [0.1, 0.15) is 30.0 Å². The molecule has 2 aromatic carbocycles. The average Bonchev–Trinajstić information content (AvgIpc) is 3.31. The number of amides is 1. The van der Waals surface area contributed by atoms with Crippen LogP contribution in [0.2, 0.25) is 0 Å². The van der Waals surface area contributed by atoms with Gasteiger partial charge in [0.25, 0.3) is 5.91 Å². The first-order chi connectivity index (χ1) is 17.9. The van der Waals surface area contributed by atoms with Crippen LogP contribution < -0.4 is 14.2 Å². The van der Waals surface area contributed by atoms with Gasteiger partial charge in [-0.15, -0.1) is 0 Å². The molecule has 1 amide bonds. The van der Waals surface area contributed by atoms with Crippen molar-refractivity contribution in [2.75, 3.05) is 33.5 Å². The minimum atomic E-state index is -0.464. The Morgan fingerprint density at radius 3 is 2.51 bits per heavy atom. The van der Waals surface area contributed by atoms with Crippen molar-refractivity contribution < 1.29 is 23.7 Å². The SMILES string of the molecule is CCC1=NN2C(=N)/C(=C\c3ccc(OCCOCCOc4ccc(C)c(C)c4)c(OC)c3)C(=O)N=C2S1. The number of aliphatic imine (C=N–C) groups is 1. The largest absolute Gasteiger partial charge is 0.493 e. The Bertz CT molecular complexity index is 1290. The summed E-state index contributed by atoms with van der Waals surface area (Å²) in [4.78, 5) is 16.7. The Hall–Kier alpha value is -3.63. The molecule has 0 fully saturated rings. The molecule has 0 aliphatic carbocycles. The molecule has 2 aromatic rings. The summed E-state index contributed by atoms with van der Waals surface area (Å²) in [6, 6.07) is 11.3. The highest BCUT2D eigenvalue weighted by molar-refractivity contribution is 8.26. The van der Waals surface area contributed by atoms with E-state index in [0.29, 0.717) is 55.1 Å². The number of amidine groups is 2. The van der Waals surface area contributed by atoms with Crippen LogP contribution in [-0.2, 0) is 9.53 Å². The zero-order valence-electron chi connectivity index (χ0n) is 21.4. The minimum Gasteiger partial charge on any atom is -0.493 e. The van der Waals surface area contributed by atoms with Gasteiger partial charge in [0.2, 0.25) is 5.17 Å². The topological polar surface area (TPSA) is 106 Å². The third kappa shape index (κ3) is 6.39. The van der Waals surface area contributed by atoms with E-state index in [1.165, 1.54) is 27.9 Å². The van der Waals surface area contributed by atoms with Gasteiger partial charge in [0, 0.05) is 0 Å². The number of benzene rings is 2. The van der Waals surface area contributed by atoms with Crippen molar-refractivity contribution in [2.45, 2.75) is 27.2 Å². The Kier molecular flexibility index (Phi) is 8.62. The number of nitrogens with one attached hydrogen (secondary N) is 1. The summed E-state index contributed by atoms with van der Waals surface area (Å²) in [5.74, 6) is 1.43. The fraction of sp³-hybridized carbons (Fsp3) is 0.333. The molecule has 10 heteroatoms. The van der Waals surface area contributed by atoms with E-state index in [0.717, 1.165) is 10.8 Å². The van der Waals surface area contributed by atoms with E-state index in [2.05, 4.69) is 23.9 Å². The molecule has 0 aromatic heterocycles. The van der Waals surface area contributed by atoms with Gasteiger partial charge in [-0.25, -0.2) is 0 Å². The van der Waals surface area contributed by atoms with Gasteiger partial charge in [-0.3, -0.25) is 10.2 Å². The Balaban J connectivity index is 1.29. The minimum absolute atomic E-state index is 0.00360. The lowest BCUT2D eigenvalue weighted by atomic mass is 10.1. The number of carbonyl (C=O) groups excluding carboxylic acids is 1. The number of rotatable bonds is 11. The average molecular weight is 523 g/mol. The highest BCUT2D eigenvalue weighted by atomic mass is 32.2. The fourth-order valence-corrected chi connectivity index (χ4v) is 4.39. The van der Waals surface area contributed by atoms with Gasteiger partial charge in [-0.05, 0) is 79.1 Å². The maximum atomic E-state index is 12.6. The Labute approximate surface area is 220 Å². The molecule has 2 aliphatic rings. The molecule has 37 heavy (non-hydrogen) atoms. The van der Waals surface area contributed by atoms with Crippen molar-refractivity contribution in [1.82, 2.24) is 5.01 Å². The first-order valence-electron chi connectivity index (χ1n) is 12.0. The molecule has 4 rings (SSSR count). The number of nitrogens with zero attached hydrogens (tertiary/aromatic N) is 3. The van der Waals surface area contributed by atoms with Crippen LogP contribution in [0.3, 0.4) is 0 Å². The van der Waals surface area contributed by atoms with Crippen molar-refractivity contribution in [3.05, 3.63) is 58.7 Å². The van der Waals surface area contributed by atoms with Gasteiger partial charge in [-0.2, -0.15) is 15.1 Å². The van der Waals surface area contributed by atoms with Crippen molar-refractivity contribution in [3.8, 4) is 17.2 Å². The van der Waals surface area contributed by atoms with E-state index >= 15 is 0 Å². The van der Waals surface area contributed by atoms with Crippen LogP contribution >= 0.6 is 11.8 Å². The van der Waals surface area contributed by atoms with E-state index in [4.69, 9.17) is 24.4 Å². The summed E-state index contributed by atoms with van der Waals surface area (Å²) in [5, 5.41) is 15.4. The van der Waals surface area contributed by atoms with Crippen LogP contribution in [0.5, 0.6) is 17.2 Å². The summed E-state index contributed by atoms with van der Waals surface area (Å²) in [7, 11) is 1.55. The quantitative estimate of drug-likeness (QED) is 0.333. The van der Waals surface area contributed by atoms with E-state index in [1.54, 1.807) is 31.4 Å². The molecule has 2 heterocycles. The van der Waals surface area contributed by atoms with Crippen LogP contribution in [-0.4, -0.2) is 60.5 Å². The van der Waals surface area contributed by atoms with Crippen LogP contribution in [0, 0.1) is 19.3 Å². The number of ether oxygens (including phenoxy) is 4. The van der Waals surface area contributed by atoms with E-state index in [9.17, 15) is 4.79 Å². The normalized spacial score (nSPS) is 16.0. The van der Waals surface area contributed by atoms with Gasteiger partial charge < -0.3 is 18.9 Å². The summed E-state index contributed by atoms with van der Waals surface area (Å²) in [5.41, 5.74) is 3.27. The summed E-state index contributed by atoms with van der Waals surface area (Å²) >= 11 is 1.32. The highest BCUT2D eigenvalue weighted by Gasteiger charge is 2.35. The maximum absolute atomic E-state index is 12.6. The number of hydrazone groups is 1. The van der Waals surface area contributed by atoms with Crippen LogP contribution in [0.25, 0.3) is 6.08 Å². The van der Waals surface area contributed by atoms with Crippen molar-refractivity contribution in [1.29, 1.82) is 5.41 Å². The van der Waals surface area contributed by atoms with Gasteiger partial charge in [-0.1, -0.05) is 19.1 Å². The van der Waals surface area contributed by atoms with E-state index < -0.39 is 5.91 Å². The molecule has 0 radical (unpaired) electrons. The number of hydrogen-bond acceptors (Lipinski definition) is 8. The number of carbonyl (C=O) groups is 1. The second kappa shape index (κ2) is 12.1. The van der Waals surface area contributed by atoms with E-state index in [1.807, 2.05) is 25.1 Å². The Morgan fingerprint density at radius 1 is 1.00 bits per heavy atom.